The highest BCUT2D eigenvalue weighted by atomic mass is 35.5. The third kappa shape index (κ3) is 5.76. The summed E-state index contributed by atoms with van der Waals surface area (Å²) in [6.07, 6.45) is 4.34. The van der Waals surface area contributed by atoms with E-state index in [-0.39, 0.29) is 11.6 Å². The second-order valence-electron chi connectivity index (χ2n) is 8.22. The topological polar surface area (TPSA) is 107 Å². The number of hydrogen-bond acceptors (Lipinski definition) is 7. The molecular formula is C27H21ClFN7O2. The van der Waals surface area contributed by atoms with Crippen LogP contribution in [0.4, 0.5) is 21.6 Å². The number of ether oxygens (including phenoxy) is 1. The second kappa shape index (κ2) is 11.1. The van der Waals surface area contributed by atoms with Crippen molar-refractivity contribution in [2.45, 2.75) is 13.2 Å². The van der Waals surface area contributed by atoms with E-state index in [9.17, 15) is 9.18 Å². The van der Waals surface area contributed by atoms with Crippen molar-refractivity contribution < 1.29 is 13.9 Å². The first-order chi connectivity index (χ1) is 18.5. The normalized spacial score (nSPS) is 10.8. The van der Waals surface area contributed by atoms with E-state index in [1.54, 1.807) is 23.0 Å². The minimum Gasteiger partial charge on any atom is -0.485 e. The number of halogens is 2. The summed E-state index contributed by atoms with van der Waals surface area (Å²) in [5.41, 5.74) is 3.18. The van der Waals surface area contributed by atoms with Gasteiger partial charge in [0.2, 0.25) is 5.91 Å². The molecule has 0 saturated heterocycles. The lowest BCUT2D eigenvalue weighted by molar-refractivity contribution is -0.111. The number of anilines is 3. The van der Waals surface area contributed by atoms with Crippen LogP contribution in [-0.4, -0.2) is 30.9 Å². The van der Waals surface area contributed by atoms with Crippen LogP contribution >= 0.6 is 11.6 Å². The van der Waals surface area contributed by atoms with E-state index < -0.39 is 11.7 Å². The van der Waals surface area contributed by atoms with Crippen LogP contribution in [0.3, 0.4) is 0 Å². The van der Waals surface area contributed by atoms with Crippen molar-refractivity contribution in [1.82, 2.24) is 25.0 Å². The van der Waals surface area contributed by atoms with Gasteiger partial charge in [0.25, 0.3) is 0 Å². The Bertz CT molecular complexity index is 1630. The van der Waals surface area contributed by atoms with Gasteiger partial charge in [-0.15, -0.1) is 5.10 Å². The Kier molecular flexibility index (Phi) is 7.23. The smallest absolute Gasteiger partial charge is 0.247 e. The molecule has 5 rings (SSSR count). The first kappa shape index (κ1) is 24.8. The largest absolute Gasteiger partial charge is 0.485 e. The average molecular weight is 530 g/mol. The molecule has 9 nitrogen and oxygen atoms in total. The molecule has 2 heterocycles. The van der Waals surface area contributed by atoms with Crippen LogP contribution < -0.4 is 15.4 Å². The van der Waals surface area contributed by atoms with Gasteiger partial charge in [0.15, 0.2) is 0 Å². The van der Waals surface area contributed by atoms with Crippen LogP contribution in [0.25, 0.3) is 10.9 Å². The van der Waals surface area contributed by atoms with Gasteiger partial charge in [0.1, 0.15) is 36.0 Å². The number of benzene rings is 3. The fourth-order valence-electron chi connectivity index (χ4n) is 3.70. The van der Waals surface area contributed by atoms with E-state index in [1.165, 1.54) is 24.5 Å². The summed E-state index contributed by atoms with van der Waals surface area (Å²) in [5.74, 6) is -0.136. The molecule has 0 atom stereocenters. The average Bonchev–Trinajstić information content (AvgIpc) is 3.37. The molecule has 0 spiro atoms. The molecule has 38 heavy (non-hydrogen) atoms. The van der Waals surface area contributed by atoms with E-state index in [1.807, 2.05) is 30.3 Å². The van der Waals surface area contributed by atoms with E-state index in [0.29, 0.717) is 46.1 Å². The number of hydrogen-bond donors (Lipinski definition) is 2. The highest BCUT2D eigenvalue weighted by Crippen LogP contribution is 2.34. The summed E-state index contributed by atoms with van der Waals surface area (Å²) >= 11 is 5.91. The fourth-order valence-corrected chi connectivity index (χ4v) is 3.88. The van der Waals surface area contributed by atoms with Gasteiger partial charge >= 0.3 is 0 Å². The second-order valence-corrected chi connectivity index (χ2v) is 8.62. The van der Waals surface area contributed by atoms with Crippen molar-refractivity contribution in [3.63, 3.8) is 0 Å². The van der Waals surface area contributed by atoms with Gasteiger partial charge in [-0.1, -0.05) is 53.7 Å². The maximum Gasteiger partial charge on any atom is 0.247 e. The molecule has 1 amide bonds. The molecule has 0 aliphatic carbocycles. The zero-order valence-electron chi connectivity index (χ0n) is 19.9. The summed E-state index contributed by atoms with van der Waals surface area (Å²) in [5, 5.41) is 14.8. The van der Waals surface area contributed by atoms with Crippen molar-refractivity contribution in [1.29, 1.82) is 0 Å². The minimum absolute atomic E-state index is 0.0244. The maximum absolute atomic E-state index is 13.6. The van der Waals surface area contributed by atoms with Gasteiger partial charge < -0.3 is 15.4 Å². The number of amides is 1. The van der Waals surface area contributed by atoms with Crippen LogP contribution in [0, 0.1) is 5.82 Å². The fraction of sp³-hybridized carbons (Fsp3) is 0.0741. The van der Waals surface area contributed by atoms with Gasteiger partial charge in [-0.3, -0.25) is 4.79 Å². The Morgan fingerprint density at radius 3 is 2.76 bits per heavy atom. The molecule has 3 aromatic carbocycles. The van der Waals surface area contributed by atoms with Crippen molar-refractivity contribution in [2.75, 3.05) is 10.6 Å². The Balaban J connectivity index is 1.41. The lowest BCUT2D eigenvalue weighted by Gasteiger charge is -2.14. The Labute approximate surface area is 221 Å². The van der Waals surface area contributed by atoms with Gasteiger partial charge in [0, 0.05) is 17.1 Å². The Morgan fingerprint density at radius 1 is 1.13 bits per heavy atom. The molecule has 0 fully saturated rings. The molecule has 0 aliphatic heterocycles. The molecular weight excluding hydrogens is 509 g/mol. The first-order valence-electron chi connectivity index (χ1n) is 11.5. The predicted octanol–water partition coefficient (Wildman–Crippen LogP) is 5.51. The number of carbonyl (C=O) groups excluding carboxylic acids is 1. The quantitative estimate of drug-likeness (QED) is 0.242. The highest BCUT2D eigenvalue weighted by molar-refractivity contribution is 6.31. The predicted molar refractivity (Wildman–Crippen MR) is 143 cm³/mol. The maximum atomic E-state index is 13.6. The number of fused-ring (bicyclic) bond motifs is 1. The standard InChI is InChI=1S/C27H21ClFN7O2/c1-2-26(37)33-24-11-20-23(30-16-31-27(20)32-18-8-9-22(29)21(28)10-18)12-25(24)38-15-19-14-36(35-34-19)13-17-6-4-3-5-7-17/h2-12,14,16H,1,13,15H2,(H,33,37)(H,30,31,32). The van der Waals surface area contributed by atoms with Crippen LogP contribution in [-0.2, 0) is 17.9 Å². The number of carbonyl (C=O) groups is 1. The molecule has 0 unspecified atom stereocenters. The molecule has 0 radical (unpaired) electrons. The van der Waals surface area contributed by atoms with Gasteiger partial charge in [0.05, 0.1) is 29.0 Å². The van der Waals surface area contributed by atoms with Crippen LogP contribution in [0.1, 0.15) is 11.3 Å². The number of aromatic nitrogens is 5. The monoisotopic (exact) mass is 529 g/mol. The molecule has 2 N–H and O–H groups in total. The third-order valence-electron chi connectivity index (χ3n) is 5.51. The Morgan fingerprint density at radius 2 is 1.97 bits per heavy atom. The lowest BCUT2D eigenvalue weighted by Crippen LogP contribution is -2.10. The summed E-state index contributed by atoms with van der Waals surface area (Å²) in [7, 11) is 0. The van der Waals surface area contributed by atoms with E-state index in [2.05, 4.69) is 37.5 Å². The van der Waals surface area contributed by atoms with E-state index in [0.717, 1.165) is 11.6 Å². The molecule has 2 aromatic heterocycles. The number of rotatable bonds is 9. The summed E-state index contributed by atoms with van der Waals surface area (Å²) < 4.78 is 21.3. The third-order valence-corrected chi connectivity index (χ3v) is 5.80. The SMILES string of the molecule is C=CC(=O)Nc1cc2c(Nc3ccc(F)c(Cl)c3)ncnc2cc1OCc1cn(Cc2ccccc2)nn1. The first-order valence-corrected chi connectivity index (χ1v) is 11.9. The van der Waals surface area contributed by atoms with E-state index >= 15 is 0 Å². The van der Waals surface area contributed by atoms with Crippen LogP contribution in [0.2, 0.25) is 5.02 Å². The molecule has 190 valence electrons. The molecule has 11 heteroatoms. The van der Waals surface area contributed by atoms with Gasteiger partial charge in [-0.25, -0.2) is 19.0 Å². The zero-order valence-corrected chi connectivity index (χ0v) is 20.7. The van der Waals surface area contributed by atoms with Crippen LogP contribution in [0.5, 0.6) is 5.75 Å². The summed E-state index contributed by atoms with van der Waals surface area (Å²) in [6, 6.07) is 17.5. The molecule has 0 aliphatic rings. The van der Waals surface area contributed by atoms with Gasteiger partial charge in [-0.2, -0.15) is 0 Å². The summed E-state index contributed by atoms with van der Waals surface area (Å²) in [4.78, 5) is 20.8. The van der Waals surface area contributed by atoms with Crippen molar-refractivity contribution >= 4 is 45.6 Å². The summed E-state index contributed by atoms with van der Waals surface area (Å²) in [6.45, 7) is 4.21. The molecule has 0 saturated carbocycles. The highest BCUT2D eigenvalue weighted by Gasteiger charge is 2.14. The van der Waals surface area contributed by atoms with Crippen molar-refractivity contribution in [3.05, 3.63) is 108 Å². The van der Waals surface area contributed by atoms with Crippen molar-refractivity contribution in [3.8, 4) is 5.75 Å². The number of nitrogens with one attached hydrogen (secondary N) is 2. The van der Waals surface area contributed by atoms with Crippen LogP contribution in [0.15, 0.2) is 85.8 Å². The van der Waals surface area contributed by atoms with E-state index in [4.69, 9.17) is 16.3 Å². The lowest BCUT2D eigenvalue weighted by atomic mass is 10.1. The Hall–Kier alpha value is -4.83. The van der Waals surface area contributed by atoms with Gasteiger partial charge in [-0.05, 0) is 35.9 Å². The zero-order chi connectivity index (χ0) is 26.5. The number of nitrogens with zero attached hydrogens (tertiary/aromatic N) is 5. The molecule has 5 aromatic rings. The van der Waals surface area contributed by atoms with Crippen molar-refractivity contribution in [2.24, 2.45) is 0 Å². The minimum atomic E-state index is -0.527. The molecule has 0 bridgehead atoms.